The number of carboxylic acid groups (broad SMARTS) is 1. The molecule has 0 aromatic heterocycles. The van der Waals surface area contributed by atoms with Crippen LogP contribution in [0.1, 0.15) is 38.5 Å². The Morgan fingerprint density at radius 2 is 2.04 bits per heavy atom. The molecule has 0 radical (unpaired) electrons. The van der Waals surface area contributed by atoms with Crippen molar-refractivity contribution in [3.63, 3.8) is 0 Å². The Morgan fingerprint density at radius 1 is 1.32 bits per heavy atom. The maximum Gasteiger partial charge on any atom is 0.329 e. The fourth-order valence-electron chi connectivity index (χ4n) is 4.38. The van der Waals surface area contributed by atoms with Gasteiger partial charge in [0.25, 0.3) is 0 Å². The van der Waals surface area contributed by atoms with E-state index >= 15 is 0 Å². The SMILES string of the molecule is COC(=O)[C@H](CS)N(CC[C@@H]1CC2CCC1C2)C(=O)[C@@H](N)CC(=O)O. The maximum absolute atomic E-state index is 12.7. The average molecular weight is 372 g/mol. The summed E-state index contributed by atoms with van der Waals surface area (Å²) in [6, 6.07) is -2.02. The van der Waals surface area contributed by atoms with Crippen molar-refractivity contribution in [3.05, 3.63) is 0 Å². The van der Waals surface area contributed by atoms with E-state index in [2.05, 4.69) is 12.6 Å². The van der Waals surface area contributed by atoms with Crippen molar-refractivity contribution < 1.29 is 24.2 Å². The van der Waals surface area contributed by atoms with E-state index in [0.717, 1.165) is 12.3 Å². The molecule has 0 saturated heterocycles. The van der Waals surface area contributed by atoms with Gasteiger partial charge in [-0.05, 0) is 43.4 Å². The minimum Gasteiger partial charge on any atom is -0.481 e. The lowest BCUT2D eigenvalue weighted by atomic mass is 9.86. The highest BCUT2D eigenvalue weighted by molar-refractivity contribution is 7.80. The molecule has 0 heterocycles. The van der Waals surface area contributed by atoms with Crippen LogP contribution in [-0.2, 0) is 19.1 Å². The lowest BCUT2D eigenvalue weighted by Gasteiger charge is -2.33. The first-order valence-electron chi connectivity index (χ1n) is 8.83. The molecule has 0 aromatic carbocycles. The second-order valence-electron chi connectivity index (χ2n) is 7.18. The van der Waals surface area contributed by atoms with E-state index in [1.54, 1.807) is 0 Å². The first-order valence-corrected chi connectivity index (χ1v) is 9.47. The van der Waals surface area contributed by atoms with E-state index in [1.165, 1.54) is 37.7 Å². The first-order chi connectivity index (χ1) is 11.9. The first kappa shape index (κ1) is 20.0. The number of methoxy groups -OCH3 is 1. The fraction of sp³-hybridized carbons (Fsp3) is 0.824. The molecule has 3 N–H and O–H groups in total. The van der Waals surface area contributed by atoms with E-state index in [0.29, 0.717) is 18.4 Å². The number of amides is 1. The molecule has 7 nitrogen and oxygen atoms in total. The molecule has 142 valence electrons. The zero-order valence-electron chi connectivity index (χ0n) is 14.6. The Kier molecular flexibility index (Phi) is 7.13. The Balaban J connectivity index is 2.06. The van der Waals surface area contributed by atoms with Crippen LogP contribution in [0.3, 0.4) is 0 Å². The largest absolute Gasteiger partial charge is 0.481 e. The molecule has 2 bridgehead atoms. The number of carbonyl (C=O) groups is 3. The predicted octanol–water partition coefficient (Wildman–Crippen LogP) is 0.915. The van der Waals surface area contributed by atoms with Crippen LogP contribution in [0, 0.1) is 17.8 Å². The van der Waals surface area contributed by atoms with Gasteiger partial charge in [0, 0.05) is 12.3 Å². The Labute approximate surface area is 153 Å². The molecule has 8 heteroatoms. The van der Waals surface area contributed by atoms with Gasteiger partial charge in [-0.2, -0.15) is 12.6 Å². The van der Waals surface area contributed by atoms with Gasteiger partial charge in [-0.15, -0.1) is 0 Å². The van der Waals surface area contributed by atoms with Gasteiger partial charge in [-0.25, -0.2) is 4.79 Å². The standard InChI is InChI=1S/C17H28N2O5S/c1-24-17(23)14(9-25)19(16(22)13(18)8-15(20)21)5-4-12-7-10-2-3-11(12)6-10/h10-14,25H,2-9,18H2,1H3,(H,20,21)/t10?,11?,12-,13+,14+/m1/s1. The number of fused-ring (bicyclic) bond motifs is 2. The van der Waals surface area contributed by atoms with Crippen molar-refractivity contribution in [1.82, 2.24) is 4.90 Å². The van der Waals surface area contributed by atoms with E-state index in [9.17, 15) is 14.4 Å². The topological polar surface area (TPSA) is 110 Å². The van der Waals surface area contributed by atoms with Crippen LogP contribution in [0.15, 0.2) is 0 Å². The van der Waals surface area contributed by atoms with Gasteiger partial charge < -0.3 is 20.5 Å². The summed E-state index contributed by atoms with van der Waals surface area (Å²) in [7, 11) is 1.26. The van der Waals surface area contributed by atoms with Gasteiger partial charge in [0.05, 0.1) is 19.6 Å². The molecule has 5 atom stereocenters. The van der Waals surface area contributed by atoms with Crippen LogP contribution in [0.5, 0.6) is 0 Å². The average Bonchev–Trinajstić information content (AvgIpc) is 3.19. The van der Waals surface area contributed by atoms with Crippen molar-refractivity contribution in [1.29, 1.82) is 0 Å². The molecule has 2 fully saturated rings. The summed E-state index contributed by atoms with van der Waals surface area (Å²) in [6.07, 6.45) is 5.32. The summed E-state index contributed by atoms with van der Waals surface area (Å²) in [5, 5.41) is 8.88. The van der Waals surface area contributed by atoms with E-state index < -0.39 is 36.4 Å². The highest BCUT2D eigenvalue weighted by Gasteiger charge is 2.40. The van der Waals surface area contributed by atoms with Crippen molar-refractivity contribution in [2.75, 3.05) is 19.4 Å². The second-order valence-corrected chi connectivity index (χ2v) is 7.55. The van der Waals surface area contributed by atoms with Gasteiger partial charge >= 0.3 is 11.9 Å². The summed E-state index contributed by atoms with van der Waals surface area (Å²) >= 11 is 4.18. The van der Waals surface area contributed by atoms with Crippen LogP contribution in [0.25, 0.3) is 0 Å². The number of hydrogen-bond acceptors (Lipinski definition) is 6. The molecule has 2 aliphatic carbocycles. The highest BCUT2D eigenvalue weighted by atomic mass is 32.1. The molecule has 0 spiro atoms. The minimum atomic E-state index is -1.18. The van der Waals surface area contributed by atoms with Crippen LogP contribution >= 0.6 is 12.6 Å². The van der Waals surface area contributed by atoms with Crippen LogP contribution in [0.4, 0.5) is 0 Å². The molecular formula is C17H28N2O5S. The normalized spacial score (nSPS) is 26.9. The number of nitrogens with zero attached hydrogens (tertiary/aromatic N) is 1. The van der Waals surface area contributed by atoms with Gasteiger partial charge in [-0.3, -0.25) is 9.59 Å². The zero-order valence-corrected chi connectivity index (χ0v) is 15.5. The molecule has 2 unspecified atom stereocenters. The monoisotopic (exact) mass is 372 g/mol. The minimum absolute atomic E-state index is 0.106. The van der Waals surface area contributed by atoms with Crippen molar-refractivity contribution >= 4 is 30.5 Å². The fourth-order valence-corrected chi connectivity index (χ4v) is 4.73. The molecule has 0 aliphatic heterocycles. The number of carbonyl (C=O) groups excluding carboxylic acids is 2. The van der Waals surface area contributed by atoms with Crippen molar-refractivity contribution in [2.24, 2.45) is 23.5 Å². The molecule has 1 amide bonds. The number of thiol groups is 1. The Hall–Kier alpha value is -1.28. The second kappa shape index (κ2) is 8.89. The molecule has 2 saturated carbocycles. The molecule has 2 rings (SSSR count). The van der Waals surface area contributed by atoms with Gasteiger partial charge in [0.2, 0.25) is 5.91 Å². The van der Waals surface area contributed by atoms with E-state index in [4.69, 9.17) is 15.6 Å². The van der Waals surface area contributed by atoms with E-state index in [1.807, 2.05) is 0 Å². The number of rotatable bonds is 9. The molecular weight excluding hydrogens is 344 g/mol. The number of ether oxygens (including phenoxy) is 1. The number of carboxylic acids is 1. The molecule has 25 heavy (non-hydrogen) atoms. The van der Waals surface area contributed by atoms with Crippen molar-refractivity contribution in [3.8, 4) is 0 Å². The van der Waals surface area contributed by atoms with Gasteiger partial charge in [0.15, 0.2) is 0 Å². The zero-order chi connectivity index (χ0) is 18.6. The molecule has 2 aliphatic rings. The summed E-state index contributed by atoms with van der Waals surface area (Å²) in [5.41, 5.74) is 5.75. The number of hydrogen-bond donors (Lipinski definition) is 3. The van der Waals surface area contributed by atoms with Crippen LogP contribution in [0.2, 0.25) is 0 Å². The Morgan fingerprint density at radius 3 is 2.52 bits per heavy atom. The third kappa shape index (κ3) is 4.88. The maximum atomic E-state index is 12.7. The Bertz CT molecular complexity index is 515. The van der Waals surface area contributed by atoms with Crippen LogP contribution in [-0.4, -0.2) is 59.3 Å². The summed E-state index contributed by atoms with van der Waals surface area (Å²) in [5.74, 6) is -0.0577. The third-order valence-corrected chi connectivity index (χ3v) is 5.99. The quantitative estimate of drug-likeness (QED) is 0.410. The van der Waals surface area contributed by atoms with Crippen molar-refractivity contribution in [2.45, 2.75) is 50.6 Å². The summed E-state index contributed by atoms with van der Waals surface area (Å²) < 4.78 is 4.78. The van der Waals surface area contributed by atoms with Gasteiger partial charge in [-0.1, -0.05) is 6.42 Å². The lowest BCUT2D eigenvalue weighted by molar-refractivity contribution is -0.153. The van der Waals surface area contributed by atoms with E-state index in [-0.39, 0.29) is 5.75 Å². The third-order valence-electron chi connectivity index (χ3n) is 5.64. The number of nitrogens with two attached hydrogens (primary N) is 1. The molecule has 0 aromatic rings. The predicted molar refractivity (Wildman–Crippen MR) is 95.2 cm³/mol. The van der Waals surface area contributed by atoms with Gasteiger partial charge in [0.1, 0.15) is 6.04 Å². The summed E-state index contributed by atoms with van der Waals surface area (Å²) in [4.78, 5) is 36.9. The van der Waals surface area contributed by atoms with Crippen LogP contribution < -0.4 is 5.73 Å². The number of esters is 1. The lowest BCUT2D eigenvalue weighted by Crippen LogP contribution is -2.53. The smallest absolute Gasteiger partial charge is 0.329 e. The number of aliphatic carboxylic acids is 1. The highest BCUT2D eigenvalue weighted by Crippen LogP contribution is 2.49. The summed E-state index contributed by atoms with van der Waals surface area (Å²) in [6.45, 7) is 0.375.